The van der Waals surface area contributed by atoms with Crippen LogP contribution in [0.5, 0.6) is 0 Å². The molecule has 4 heteroatoms. The van der Waals surface area contributed by atoms with Crippen LogP contribution in [0.4, 0.5) is 5.69 Å². The van der Waals surface area contributed by atoms with Crippen molar-refractivity contribution in [2.45, 2.75) is 44.2 Å². The molecule has 1 fully saturated rings. The monoisotopic (exact) mass is 278 g/mol. The molecule has 1 aromatic rings. The lowest BCUT2D eigenvalue weighted by Crippen LogP contribution is -2.50. The number of nitrogens with zero attached hydrogens (tertiary/aromatic N) is 1. The first-order chi connectivity index (χ1) is 9.01. The van der Waals surface area contributed by atoms with Crippen LogP contribution in [-0.4, -0.2) is 17.7 Å². The average molecular weight is 279 g/mol. The van der Waals surface area contributed by atoms with Crippen LogP contribution in [0.15, 0.2) is 24.3 Å². The number of nitriles is 1. The fourth-order valence-electron chi connectivity index (χ4n) is 2.55. The summed E-state index contributed by atoms with van der Waals surface area (Å²) < 4.78 is 5.82. The van der Waals surface area contributed by atoms with Gasteiger partial charge in [0.15, 0.2) is 0 Å². The highest BCUT2D eigenvalue weighted by atomic mass is 35.5. The van der Waals surface area contributed by atoms with Crippen LogP contribution in [-0.2, 0) is 4.74 Å². The lowest BCUT2D eigenvalue weighted by atomic mass is 9.80. The maximum atomic E-state index is 9.60. The Morgan fingerprint density at radius 2 is 2.32 bits per heavy atom. The maximum absolute atomic E-state index is 9.60. The molecular formula is C15H19ClN2O. The van der Waals surface area contributed by atoms with Gasteiger partial charge in [0.25, 0.3) is 0 Å². The van der Waals surface area contributed by atoms with Gasteiger partial charge >= 0.3 is 0 Å². The molecule has 1 aliphatic rings. The molecule has 1 heterocycles. The minimum absolute atomic E-state index is 0.237. The van der Waals surface area contributed by atoms with Crippen molar-refractivity contribution in [3.05, 3.63) is 29.3 Å². The fourth-order valence-corrected chi connectivity index (χ4v) is 2.74. The summed E-state index contributed by atoms with van der Waals surface area (Å²) in [6, 6.07) is 9.93. The minimum atomic E-state index is -0.576. The standard InChI is InChI=1S/C15H19ClN2O/c1-3-14(2)10-15(11-17,7-8-19-14)18-13-6-4-5-12(16)9-13/h4-6,9,18H,3,7-8,10H2,1-2H3. The second kappa shape index (κ2) is 5.40. The van der Waals surface area contributed by atoms with Crippen molar-refractivity contribution < 1.29 is 4.74 Å². The number of nitrogens with one attached hydrogen (secondary N) is 1. The molecule has 0 bridgehead atoms. The maximum Gasteiger partial charge on any atom is 0.130 e. The zero-order valence-electron chi connectivity index (χ0n) is 11.4. The van der Waals surface area contributed by atoms with Crippen molar-refractivity contribution in [2.24, 2.45) is 0 Å². The molecule has 1 aromatic carbocycles. The zero-order valence-corrected chi connectivity index (χ0v) is 12.1. The predicted molar refractivity (Wildman–Crippen MR) is 77.3 cm³/mol. The highest BCUT2D eigenvalue weighted by Gasteiger charge is 2.42. The number of halogens is 1. The van der Waals surface area contributed by atoms with Gasteiger partial charge in [-0.3, -0.25) is 0 Å². The van der Waals surface area contributed by atoms with Gasteiger partial charge in [-0.05, 0) is 31.5 Å². The molecule has 0 aromatic heterocycles. The molecule has 2 unspecified atom stereocenters. The van der Waals surface area contributed by atoms with Crippen LogP contribution in [0.25, 0.3) is 0 Å². The zero-order chi connectivity index (χ0) is 13.9. The molecule has 2 rings (SSSR count). The third-order valence-electron chi connectivity index (χ3n) is 3.83. The van der Waals surface area contributed by atoms with Crippen LogP contribution < -0.4 is 5.32 Å². The Balaban J connectivity index is 2.22. The quantitative estimate of drug-likeness (QED) is 0.909. The van der Waals surface area contributed by atoms with Gasteiger partial charge in [0.05, 0.1) is 18.3 Å². The Bertz CT molecular complexity index is 499. The van der Waals surface area contributed by atoms with Gasteiger partial charge in [0.2, 0.25) is 0 Å². The van der Waals surface area contributed by atoms with Crippen molar-refractivity contribution in [1.29, 1.82) is 5.26 Å². The van der Waals surface area contributed by atoms with Crippen LogP contribution >= 0.6 is 11.6 Å². The van der Waals surface area contributed by atoms with Crippen molar-refractivity contribution in [2.75, 3.05) is 11.9 Å². The highest BCUT2D eigenvalue weighted by Crippen LogP contribution is 2.36. The van der Waals surface area contributed by atoms with E-state index in [1.165, 1.54) is 0 Å². The van der Waals surface area contributed by atoms with E-state index in [-0.39, 0.29) is 5.60 Å². The Labute approximate surface area is 119 Å². The summed E-state index contributed by atoms with van der Waals surface area (Å²) in [5, 5.41) is 13.6. The topological polar surface area (TPSA) is 45.0 Å². The largest absolute Gasteiger partial charge is 0.375 e. The van der Waals surface area contributed by atoms with E-state index in [2.05, 4.69) is 25.2 Å². The van der Waals surface area contributed by atoms with E-state index in [4.69, 9.17) is 16.3 Å². The SMILES string of the molecule is CCC1(C)CC(C#N)(Nc2cccc(Cl)c2)CCO1. The molecule has 1 saturated heterocycles. The molecule has 19 heavy (non-hydrogen) atoms. The molecule has 1 aliphatic heterocycles. The Hall–Kier alpha value is -1.24. The summed E-state index contributed by atoms with van der Waals surface area (Å²) in [4.78, 5) is 0. The van der Waals surface area contributed by atoms with Crippen molar-refractivity contribution in [3.63, 3.8) is 0 Å². The van der Waals surface area contributed by atoms with Gasteiger partial charge in [-0.2, -0.15) is 5.26 Å². The minimum Gasteiger partial charge on any atom is -0.375 e. The third kappa shape index (κ3) is 3.20. The second-order valence-electron chi connectivity index (χ2n) is 5.41. The van der Waals surface area contributed by atoms with E-state index in [0.29, 0.717) is 24.5 Å². The van der Waals surface area contributed by atoms with Crippen LogP contribution in [0.2, 0.25) is 5.02 Å². The lowest BCUT2D eigenvalue weighted by Gasteiger charge is -2.43. The van der Waals surface area contributed by atoms with Gasteiger partial charge in [0.1, 0.15) is 5.54 Å². The van der Waals surface area contributed by atoms with Gasteiger partial charge in [-0.1, -0.05) is 24.6 Å². The molecule has 0 spiro atoms. The van der Waals surface area contributed by atoms with E-state index in [0.717, 1.165) is 12.1 Å². The molecule has 0 amide bonds. The highest BCUT2D eigenvalue weighted by molar-refractivity contribution is 6.30. The molecule has 3 nitrogen and oxygen atoms in total. The second-order valence-corrected chi connectivity index (χ2v) is 5.84. The summed E-state index contributed by atoms with van der Waals surface area (Å²) in [5.41, 5.74) is 0.0715. The number of rotatable bonds is 3. The van der Waals surface area contributed by atoms with Gasteiger partial charge in [0, 0.05) is 23.6 Å². The van der Waals surface area contributed by atoms with E-state index < -0.39 is 5.54 Å². The normalized spacial score (nSPS) is 30.6. The van der Waals surface area contributed by atoms with E-state index in [1.807, 2.05) is 24.3 Å². The number of hydrogen-bond acceptors (Lipinski definition) is 3. The average Bonchev–Trinajstić information content (AvgIpc) is 2.39. The Morgan fingerprint density at radius 3 is 2.95 bits per heavy atom. The predicted octanol–water partition coefficient (Wildman–Crippen LogP) is 3.99. The molecule has 0 saturated carbocycles. The first kappa shape index (κ1) is 14.2. The molecule has 102 valence electrons. The van der Waals surface area contributed by atoms with E-state index in [1.54, 1.807) is 0 Å². The number of ether oxygens (including phenoxy) is 1. The van der Waals surface area contributed by atoms with Crippen LogP contribution in [0.1, 0.15) is 33.1 Å². The fraction of sp³-hybridized carbons (Fsp3) is 0.533. The van der Waals surface area contributed by atoms with Gasteiger partial charge in [-0.15, -0.1) is 0 Å². The van der Waals surface area contributed by atoms with Gasteiger partial charge < -0.3 is 10.1 Å². The van der Waals surface area contributed by atoms with Crippen molar-refractivity contribution >= 4 is 17.3 Å². The van der Waals surface area contributed by atoms with E-state index >= 15 is 0 Å². The lowest BCUT2D eigenvalue weighted by molar-refractivity contribution is -0.0809. The first-order valence-corrected chi connectivity index (χ1v) is 6.98. The molecule has 0 radical (unpaired) electrons. The smallest absolute Gasteiger partial charge is 0.130 e. The van der Waals surface area contributed by atoms with Crippen LogP contribution in [0.3, 0.4) is 0 Å². The number of anilines is 1. The van der Waals surface area contributed by atoms with Crippen molar-refractivity contribution in [1.82, 2.24) is 0 Å². The summed E-state index contributed by atoms with van der Waals surface area (Å²) >= 11 is 5.99. The summed E-state index contributed by atoms with van der Waals surface area (Å²) in [6.07, 6.45) is 2.26. The van der Waals surface area contributed by atoms with Gasteiger partial charge in [-0.25, -0.2) is 0 Å². The first-order valence-electron chi connectivity index (χ1n) is 6.60. The molecule has 0 aliphatic carbocycles. The summed E-state index contributed by atoms with van der Waals surface area (Å²) in [6.45, 7) is 4.76. The summed E-state index contributed by atoms with van der Waals surface area (Å²) in [7, 11) is 0. The van der Waals surface area contributed by atoms with Crippen molar-refractivity contribution in [3.8, 4) is 6.07 Å². The van der Waals surface area contributed by atoms with E-state index in [9.17, 15) is 5.26 Å². The number of benzene rings is 1. The Kier molecular flexibility index (Phi) is 4.03. The number of hydrogen-bond donors (Lipinski definition) is 1. The summed E-state index contributed by atoms with van der Waals surface area (Å²) in [5.74, 6) is 0. The third-order valence-corrected chi connectivity index (χ3v) is 4.06. The Morgan fingerprint density at radius 1 is 1.53 bits per heavy atom. The molecular weight excluding hydrogens is 260 g/mol. The molecule has 1 N–H and O–H groups in total. The van der Waals surface area contributed by atoms with Crippen LogP contribution in [0, 0.1) is 11.3 Å². The molecule has 2 atom stereocenters.